The second-order valence-corrected chi connectivity index (χ2v) is 10.5. The van der Waals surface area contributed by atoms with Crippen molar-refractivity contribution in [3.05, 3.63) is 0 Å². The highest BCUT2D eigenvalue weighted by molar-refractivity contribution is 6.44. The SMILES string of the molecule is BC1(B)CC(C(B)(B)N2CC3CCC[C@@]3(C)C2)CC(B)(B)O1. The average Bonchev–Trinajstić information content (AvgIpc) is 2.79. The molecule has 0 amide bonds. The van der Waals surface area contributed by atoms with E-state index in [1.807, 2.05) is 0 Å². The van der Waals surface area contributed by atoms with Crippen LogP contribution >= 0.6 is 0 Å². The van der Waals surface area contributed by atoms with Crippen LogP contribution in [0.25, 0.3) is 0 Å². The zero-order valence-electron chi connectivity index (χ0n) is 16.0. The molecular weight excluding hydrogens is 263 g/mol. The third-order valence-electron chi connectivity index (χ3n) is 7.12. The first-order valence-corrected chi connectivity index (χ1v) is 9.39. The summed E-state index contributed by atoms with van der Waals surface area (Å²) < 4.78 is 6.33. The Labute approximate surface area is 142 Å². The minimum absolute atomic E-state index is 0.00316. The highest BCUT2D eigenvalue weighted by atomic mass is 16.5. The average molecular weight is 294 g/mol. The van der Waals surface area contributed by atoms with Gasteiger partial charge in [0.1, 0.15) is 47.1 Å². The molecule has 8 heteroatoms. The van der Waals surface area contributed by atoms with Crippen molar-refractivity contribution >= 4 is 47.1 Å². The highest BCUT2D eigenvalue weighted by Gasteiger charge is 2.52. The van der Waals surface area contributed by atoms with Crippen molar-refractivity contribution in [1.82, 2.24) is 4.90 Å². The van der Waals surface area contributed by atoms with Crippen molar-refractivity contribution < 1.29 is 4.74 Å². The molecule has 0 N–H and O–H groups in total. The van der Waals surface area contributed by atoms with Gasteiger partial charge in [-0.1, -0.05) is 13.3 Å². The fourth-order valence-corrected chi connectivity index (χ4v) is 5.88. The van der Waals surface area contributed by atoms with Gasteiger partial charge >= 0.3 is 0 Å². The van der Waals surface area contributed by atoms with E-state index in [4.69, 9.17) is 4.74 Å². The Morgan fingerprint density at radius 2 is 1.68 bits per heavy atom. The van der Waals surface area contributed by atoms with Crippen molar-refractivity contribution in [2.45, 2.75) is 55.2 Å². The third-order valence-corrected chi connectivity index (χ3v) is 7.12. The van der Waals surface area contributed by atoms with Crippen LogP contribution in [0.2, 0.25) is 0 Å². The van der Waals surface area contributed by atoms with Gasteiger partial charge in [-0.3, -0.25) is 0 Å². The lowest BCUT2D eigenvalue weighted by Gasteiger charge is -2.54. The van der Waals surface area contributed by atoms with Crippen LogP contribution in [0.4, 0.5) is 0 Å². The minimum atomic E-state index is 0.00316. The fourth-order valence-electron chi connectivity index (χ4n) is 5.88. The molecule has 2 aliphatic heterocycles. The van der Waals surface area contributed by atoms with Crippen LogP contribution in [0.3, 0.4) is 0 Å². The maximum Gasteiger partial charge on any atom is 0.131 e. The molecular formula is C14H31B6NO. The zero-order chi connectivity index (χ0) is 16.4. The maximum absolute atomic E-state index is 6.33. The summed E-state index contributed by atoms with van der Waals surface area (Å²) in [6.45, 7) is 5.17. The summed E-state index contributed by atoms with van der Waals surface area (Å²) in [5, 5.41) is 0.290. The molecule has 2 atom stereocenters. The van der Waals surface area contributed by atoms with Crippen LogP contribution < -0.4 is 0 Å². The minimum Gasteiger partial charge on any atom is -0.404 e. The Morgan fingerprint density at radius 3 is 2.23 bits per heavy atom. The fraction of sp³-hybridized carbons (Fsp3) is 1.00. The van der Waals surface area contributed by atoms with Gasteiger partial charge in [0.15, 0.2) is 0 Å². The van der Waals surface area contributed by atoms with E-state index >= 15 is 0 Å². The first-order chi connectivity index (χ1) is 9.94. The third kappa shape index (κ3) is 2.99. The van der Waals surface area contributed by atoms with Crippen LogP contribution in [-0.2, 0) is 4.74 Å². The van der Waals surface area contributed by atoms with Gasteiger partial charge in [0, 0.05) is 23.9 Å². The summed E-state index contributed by atoms with van der Waals surface area (Å²) in [5.74, 6) is 1.65. The number of fused-ring (bicyclic) bond motifs is 1. The van der Waals surface area contributed by atoms with Crippen LogP contribution in [-0.4, -0.2) is 81.2 Å². The molecule has 0 radical (unpaired) electrons. The van der Waals surface area contributed by atoms with E-state index < -0.39 is 0 Å². The standard InChI is InChI=1S/C14H31B6NO/c1-11-4-2-3-9(11)7-21(8-11)14(19,20)10-5-12(15,16)22-13(17,18)6-10/h9-10H,2-8,15-20H2,1H3/t9?,11-/m0/s1. The molecule has 22 heavy (non-hydrogen) atoms. The van der Waals surface area contributed by atoms with Gasteiger partial charge < -0.3 is 9.64 Å². The molecule has 1 unspecified atom stereocenters. The normalized spacial score (nSPS) is 38.9. The smallest absolute Gasteiger partial charge is 0.131 e. The molecule has 2 nitrogen and oxygen atoms in total. The van der Waals surface area contributed by atoms with E-state index in [-0.39, 0.29) is 16.1 Å². The summed E-state index contributed by atoms with van der Waals surface area (Å²) >= 11 is 0. The Balaban J connectivity index is 1.78. The second-order valence-electron chi connectivity index (χ2n) is 10.5. The van der Waals surface area contributed by atoms with Crippen molar-refractivity contribution in [3.8, 4) is 0 Å². The van der Waals surface area contributed by atoms with Gasteiger partial charge in [0.25, 0.3) is 0 Å². The summed E-state index contributed by atoms with van der Waals surface area (Å²) in [4.78, 5) is 2.83. The second kappa shape index (κ2) is 5.15. The number of nitrogens with zero attached hydrogens (tertiary/aromatic N) is 1. The molecule has 0 aromatic heterocycles. The van der Waals surface area contributed by atoms with Gasteiger partial charge in [-0.05, 0) is 48.3 Å². The molecule has 0 spiro atoms. The molecule has 1 aliphatic carbocycles. The van der Waals surface area contributed by atoms with Crippen molar-refractivity contribution in [1.29, 1.82) is 0 Å². The van der Waals surface area contributed by atoms with Gasteiger partial charge in [0.2, 0.25) is 0 Å². The van der Waals surface area contributed by atoms with E-state index in [1.165, 1.54) is 45.2 Å². The molecule has 116 valence electrons. The monoisotopic (exact) mass is 295 g/mol. The van der Waals surface area contributed by atoms with Crippen LogP contribution in [0.1, 0.15) is 39.0 Å². The molecule has 0 aromatic rings. The van der Waals surface area contributed by atoms with Crippen LogP contribution in [0, 0.1) is 17.3 Å². The van der Waals surface area contributed by atoms with Crippen molar-refractivity contribution in [2.24, 2.45) is 17.3 Å². The maximum atomic E-state index is 6.33. The molecule has 3 rings (SSSR count). The van der Waals surface area contributed by atoms with Gasteiger partial charge in [-0.25, -0.2) is 0 Å². The Hall–Kier alpha value is 0.310. The lowest BCUT2D eigenvalue weighted by atomic mass is 9.43. The quantitative estimate of drug-likeness (QED) is 0.486. The molecule has 2 heterocycles. The van der Waals surface area contributed by atoms with E-state index in [9.17, 15) is 0 Å². The molecule has 0 bridgehead atoms. The number of hydrogen-bond donors (Lipinski definition) is 0. The summed E-state index contributed by atoms with van der Waals surface area (Å²) in [7, 11) is 14.1. The zero-order valence-corrected chi connectivity index (χ0v) is 16.0. The van der Waals surface area contributed by atoms with E-state index in [0.29, 0.717) is 11.3 Å². The number of likely N-dealkylation sites (tertiary alicyclic amines) is 1. The van der Waals surface area contributed by atoms with Gasteiger partial charge in [0.05, 0.1) is 0 Å². The number of rotatable bonds is 2. The van der Waals surface area contributed by atoms with Crippen LogP contribution in [0.5, 0.6) is 0 Å². The van der Waals surface area contributed by atoms with Crippen molar-refractivity contribution in [3.63, 3.8) is 0 Å². The highest BCUT2D eigenvalue weighted by Crippen LogP contribution is 2.51. The predicted molar refractivity (Wildman–Crippen MR) is 110 cm³/mol. The molecule has 0 aromatic carbocycles. The molecule has 3 aliphatic rings. The lowest BCUT2D eigenvalue weighted by Crippen LogP contribution is -2.63. The number of hydrogen-bond acceptors (Lipinski definition) is 2. The van der Waals surface area contributed by atoms with Gasteiger partial charge in [-0.2, -0.15) is 0 Å². The lowest BCUT2D eigenvalue weighted by molar-refractivity contribution is -0.0528. The predicted octanol–water partition coefficient (Wildman–Crippen LogP) is -3.70. The van der Waals surface area contributed by atoms with E-state index in [0.717, 1.165) is 5.92 Å². The van der Waals surface area contributed by atoms with E-state index in [2.05, 4.69) is 58.9 Å². The Bertz CT molecular complexity index is 441. The van der Waals surface area contributed by atoms with E-state index in [1.54, 1.807) is 0 Å². The molecule has 1 saturated carbocycles. The van der Waals surface area contributed by atoms with Gasteiger partial charge in [-0.15, -0.1) is 0 Å². The Kier molecular flexibility index (Phi) is 4.01. The first-order valence-electron chi connectivity index (χ1n) is 9.39. The van der Waals surface area contributed by atoms with Crippen molar-refractivity contribution in [2.75, 3.05) is 13.1 Å². The molecule has 3 fully saturated rings. The summed E-state index contributed by atoms with van der Waals surface area (Å²) in [5.41, 5.74) is 0.591. The summed E-state index contributed by atoms with van der Waals surface area (Å²) in [6, 6.07) is 0. The molecule has 2 saturated heterocycles. The topological polar surface area (TPSA) is 12.5 Å². The summed E-state index contributed by atoms with van der Waals surface area (Å²) in [6.07, 6.45) is 6.71. The number of ether oxygens (including phenoxy) is 1. The largest absolute Gasteiger partial charge is 0.404 e. The first kappa shape index (κ1) is 17.1. The van der Waals surface area contributed by atoms with Crippen LogP contribution in [0.15, 0.2) is 0 Å². The Morgan fingerprint density at radius 1 is 1.09 bits per heavy atom.